The Morgan fingerprint density at radius 3 is 2.85 bits per heavy atom. The molecular weight excluding hydrogens is 286 g/mol. The molecule has 0 saturated heterocycles. The number of benzene rings is 1. The summed E-state index contributed by atoms with van der Waals surface area (Å²) in [6.07, 6.45) is 3.17. The molecule has 0 N–H and O–H groups in total. The van der Waals surface area contributed by atoms with Crippen molar-refractivity contribution in [3.8, 4) is 5.75 Å². The lowest BCUT2D eigenvalue weighted by atomic mass is 10.2. The number of nitrogens with zero attached hydrogens (tertiary/aromatic N) is 1. The van der Waals surface area contributed by atoms with Crippen LogP contribution in [0.15, 0.2) is 24.3 Å². The number of thiol groups is 1. The van der Waals surface area contributed by atoms with Crippen LogP contribution in [0.4, 0.5) is 0 Å². The third-order valence-corrected chi connectivity index (χ3v) is 4.72. The number of aryl methyl sites for hydroxylation is 2. The average Bonchev–Trinajstić information content (AvgIpc) is 2.88. The monoisotopic (exact) mass is 307 g/mol. The van der Waals surface area contributed by atoms with Gasteiger partial charge in [0, 0.05) is 10.6 Å². The first-order valence-electron chi connectivity index (χ1n) is 7.06. The predicted molar refractivity (Wildman–Crippen MR) is 89.0 cm³/mol. The molecule has 0 aliphatic heterocycles. The zero-order valence-electron chi connectivity index (χ0n) is 12.1. The molecule has 0 radical (unpaired) electrons. The Labute approximate surface area is 130 Å². The highest BCUT2D eigenvalue weighted by atomic mass is 32.1. The molecule has 0 aliphatic rings. The maximum absolute atomic E-state index is 5.85. The van der Waals surface area contributed by atoms with Crippen molar-refractivity contribution < 1.29 is 4.74 Å². The molecule has 4 heteroatoms. The van der Waals surface area contributed by atoms with Gasteiger partial charge in [-0.15, -0.1) is 11.3 Å². The molecule has 0 atom stereocenters. The highest BCUT2D eigenvalue weighted by Gasteiger charge is 2.09. The van der Waals surface area contributed by atoms with E-state index in [4.69, 9.17) is 4.74 Å². The minimum Gasteiger partial charge on any atom is -0.486 e. The van der Waals surface area contributed by atoms with E-state index in [2.05, 4.69) is 43.6 Å². The number of hydrogen-bond donors (Lipinski definition) is 1. The summed E-state index contributed by atoms with van der Waals surface area (Å²) in [7, 11) is 0. The van der Waals surface area contributed by atoms with Crippen molar-refractivity contribution in [2.24, 2.45) is 0 Å². The van der Waals surface area contributed by atoms with E-state index in [9.17, 15) is 0 Å². The summed E-state index contributed by atoms with van der Waals surface area (Å²) >= 11 is 6.10. The van der Waals surface area contributed by atoms with E-state index in [1.807, 2.05) is 12.1 Å². The van der Waals surface area contributed by atoms with Crippen molar-refractivity contribution in [1.29, 1.82) is 0 Å². The molecule has 2 nitrogen and oxygen atoms in total. The van der Waals surface area contributed by atoms with Crippen molar-refractivity contribution in [3.63, 3.8) is 0 Å². The molecule has 0 unspecified atom stereocenters. The fourth-order valence-corrected chi connectivity index (χ4v) is 3.32. The van der Waals surface area contributed by atoms with E-state index in [-0.39, 0.29) is 0 Å². The standard InChI is InChI=1S/C16H21NOS2/c1-3-6-14-15(11-19)20-16(17-14)10-18-13-8-5-7-12(4-2)9-13/h5,7-9,19H,3-4,6,10-11H2,1-2H3. The van der Waals surface area contributed by atoms with Crippen molar-refractivity contribution in [2.45, 2.75) is 45.5 Å². The summed E-state index contributed by atoms with van der Waals surface area (Å²) in [5.41, 5.74) is 2.48. The van der Waals surface area contributed by atoms with Crippen LogP contribution in [0.25, 0.3) is 0 Å². The van der Waals surface area contributed by atoms with Gasteiger partial charge in [0.1, 0.15) is 17.4 Å². The van der Waals surface area contributed by atoms with Crippen LogP contribution >= 0.6 is 24.0 Å². The molecule has 1 aromatic heterocycles. The molecule has 0 bridgehead atoms. The second-order valence-electron chi connectivity index (χ2n) is 4.68. The lowest BCUT2D eigenvalue weighted by Crippen LogP contribution is -1.96. The SMILES string of the molecule is CCCc1nc(COc2cccc(CC)c2)sc1CS. The molecule has 0 spiro atoms. The van der Waals surface area contributed by atoms with E-state index in [0.717, 1.165) is 35.8 Å². The molecule has 20 heavy (non-hydrogen) atoms. The zero-order chi connectivity index (χ0) is 14.4. The van der Waals surface area contributed by atoms with E-state index >= 15 is 0 Å². The number of aromatic nitrogens is 1. The Kier molecular flexibility index (Phi) is 5.92. The van der Waals surface area contributed by atoms with Crippen LogP contribution in [-0.2, 0) is 25.2 Å². The third kappa shape index (κ3) is 4.00. The predicted octanol–water partition coefficient (Wildman–Crippen LogP) is 4.67. The first-order chi connectivity index (χ1) is 9.76. The maximum atomic E-state index is 5.85. The third-order valence-electron chi connectivity index (χ3n) is 3.12. The molecule has 1 heterocycles. The van der Waals surface area contributed by atoms with Gasteiger partial charge in [-0.05, 0) is 30.5 Å². The van der Waals surface area contributed by atoms with Crippen LogP contribution in [0.3, 0.4) is 0 Å². The van der Waals surface area contributed by atoms with Gasteiger partial charge in [-0.2, -0.15) is 12.6 Å². The van der Waals surface area contributed by atoms with Gasteiger partial charge in [-0.25, -0.2) is 4.98 Å². The quantitative estimate of drug-likeness (QED) is 0.751. The fraction of sp³-hybridized carbons (Fsp3) is 0.438. The summed E-state index contributed by atoms with van der Waals surface area (Å²) in [6, 6.07) is 8.26. The van der Waals surface area contributed by atoms with Crippen molar-refractivity contribution in [3.05, 3.63) is 45.4 Å². The van der Waals surface area contributed by atoms with Crippen molar-refractivity contribution in [2.75, 3.05) is 0 Å². The molecule has 2 rings (SSSR count). The van der Waals surface area contributed by atoms with Gasteiger partial charge in [0.25, 0.3) is 0 Å². The molecule has 0 saturated carbocycles. The molecule has 108 valence electrons. The fourth-order valence-electron chi connectivity index (χ4n) is 2.05. The molecule has 1 aromatic carbocycles. The Morgan fingerprint density at radius 1 is 1.30 bits per heavy atom. The van der Waals surface area contributed by atoms with Crippen LogP contribution in [0.2, 0.25) is 0 Å². The Balaban J connectivity index is 2.02. The van der Waals surface area contributed by atoms with Crippen LogP contribution in [-0.4, -0.2) is 4.98 Å². The highest BCUT2D eigenvalue weighted by Crippen LogP contribution is 2.23. The van der Waals surface area contributed by atoms with Gasteiger partial charge < -0.3 is 4.74 Å². The van der Waals surface area contributed by atoms with E-state index in [1.54, 1.807) is 11.3 Å². The number of thiazole rings is 1. The second-order valence-corrected chi connectivity index (χ2v) is 6.16. The summed E-state index contributed by atoms with van der Waals surface area (Å²) in [4.78, 5) is 5.95. The van der Waals surface area contributed by atoms with Crippen LogP contribution in [0.1, 0.15) is 41.4 Å². The largest absolute Gasteiger partial charge is 0.486 e. The molecule has 2 aromatic rings. The van der Waals surface area contributed by atoms with Crippen LogP contribution in [0.5, 0.6) is 5.75 Å². The van der Waals surface area contributed by atoms with E-state index < -0.39 is 0 Å². The van der Waals surface area contributed by atoms with Crippen molar-refractivity contribution >= 4 is 24.0 Å². The van der Waals surface area contributed by atoms with Gasteiger partial charge in [-0.1, -0.05) is 32.4 Å². The summed E-state index contributed by atoms with van der Waals surface area (Å²) in [6.45, 7) is 4.87. The first-order valence-corrected chi connectivity index (χ1v) is 8.51. The minimum absolute atomic E-state index is 0.544. The lowest BCUT2D eigenvalue weighted by molar-refractivity contribution is 0.305. The Bertz CT molecular complexity index is 551. The average molecular weight is 307 g/mol. The van der Waals surface area contributed by atoms with E-state index in [0.29, 0.717) is 6.61 Å². The van der Waals surface area contributed by atoms with Crippen molar-refractivity contribution in [1.82, 2.24) is 4.98 Å². The molecular formula is C16H21NOS2. The minimum atomic E-state index is 0.544. The summed E-state index contributed by atoms with van der Waals surface area (Å²) < 4.78 is 5.85. The summed E-state index contributed by atoms with van der Waals surface area (Å²) in [5, 5.41) is 1.04. The smallest absolute Gasteiger partial charge is 0.140 e. The Morgan fingerprint density at radius 2 is 2.15 bits per heavy atom. The second kappa shape index (κ2) is 7.70. The highest BCUT2D eigenvalue weighted by molar-refractivity contribution is 7.79. The Hall–Kier alpha value is -1.00. The van der Waals surface area contributed by atoms with Crippen LogP contribution in [0, 0.1) is 0 Å². The first kappa shape index (κ1) is 15.4. The zero-order valence-corrected chi connectivity index (χ0v) is 13.8. The van der Waals surface area contributed by atoms with Crippen LogP contribution < -0.4 is 4.74 Å². The van der Waals surface area contributed by atoms with Gasteiger partial charge in [0.2, 0.25) is 0 Å². The number of rotatable bonds is 7. The number of hydrogen-bond acceptors (Lipinski definition) is 4. The van der Waals surface area contributed by atoms with Gasteiger partial charge in [-0.3, -0.25) is 0 Å². The summed E-state index contributed by atoms with van der Waals surface area (Å²) in [5.74, 6) is 1.68. The molecule has 0 aliphatic carbocycles. The lowest BCUT2D eigenvalue weighted by Gasteiger charge is -2.05. The number of ether oxygens (including phenoxy) is 1. The topological polar surface area (TPSA) is 22.1 Å². The maximum Gasteiger partial charge on any atom is 0.140 e. The molecule has 0 amide bonds. The van der Waals surface area contributed by atoms with E-state index in [1.165, 1.54) is 16.1 Å². The normalized spacial score (nSPS) is 10.8. The van der Waals surface area contributed by atoms with Gasteiger partial charge in [0.15, 0.2) is 0 Å². The van der Waals surface area contributed by atoms with Gasteiger partial charge in [0.05, 0.1) is 5.69 Å². The molecule has 0 fully saturated rings. The van der Waals surface area contributed by atoms with Gasteiger partial charge >= 0.3 is 0 Å².